The normalized spacial score (nSPS) is 9.40. The molecule has 0 saturated carbocycles. The first-order valence-corrected chi connectivity index (χ1v) is 4.48. The van der Waals surface area contributed by atoms with Gasteiger partial charge in [-0.25, -0.2) is 4.79 Å². The van der Waals surface area contributed by atoms with Crippen molar-refractivity contribution in [1.29, 1.82) is 5.26 Å². The predicted molar refractivity (Wildman–Crippen MR) is 53.5 cm³/mol. The average Bonchev–Trinajstić information content (AvgIpc) is 2.26. The summed E-state index contributed by atoms with van der Waals surface area (Å²) >= 11 is 0. The molecule has 0 bridgehead atoms. The molecule has 0 atom stereocenters. The van der Waals surface area contributed by atoms with Gasteiger partial charge in [0, 0.05) is 0 Å². The Kier molecular flexibility index (Phi) is 3.29. The van der Waals surface area contributed by atoms with Gasteiger partial charge in [-0.2, -0.15) is 5.26 Å². The lowest BCUT2D eigenvalue weighted by molar-refractivity contribution is 0.0600. The average molecular weight is 205 g/mol. The van der Waals surface area contributed by atoms with E-state index >= 15 is 0 Å². The molecule has 4 nitrogen and oxygen atoms in total. The number of rotatable bonds is 2. The van der Waals surface area contributed by atoms with Gasteiger partial charge in [0.1, 0.15) is 11.8 Å². The molecule has 0 amide bonds. The molecule has 0 heterocycles. The molecule has 1 aromatic carbocycles. The maximum Gasteiger partial charge on any atom is 0.339 e. The molecular formula is C11H11NO3. The second-order valence-corrected chi connectivity index (χ2v) is 2.98. The largest absolute Gasteiger partial charge is 0.508 e. The van der Waals surface area contributed by atoms with Gasteiger partial charge in [0.2, 0.25) is 0 Å². The molecule has 0 aromatic heterocycles. The first-order chi connectivity index (χ1) is 7.13. The summed E-state index contributed by atoms with van der Waals surface area (Å²) in [5.41, 5.74) is 1.01. The van der Waals surface area contributed by atoms with Crippen LogP contribution in [-0.4, -0.2) is 18.2 Å². The Morgan fingerprint density at radius 3 is 2.73 bits per heavy atom. The first-order valence-electron chi connectivity index (χ1n) is 4.48. The molecule has 15 heavy (non-hydrogen) atoms. The van der Waals surface area contributed by atoms with Crippen molar-refractivity contribution < 1.29 is 14.6 Å². The molecule has 1 N–H and O–H groups in total. The highest BCUT2D eigenvalue weighted by molar-refractivity contribution is 5.93. The topological polar surface area (TPSA) is 70.3 Å². The number of benzene rings is 1. The zero-order valence-electron chi connectivity index (χ0n) is 8.57. The number of hydrogen-bond acceptors (Lipinski definition) is 4. The van der Waals surface area contributed by atoms with Crippen LogP contribution in [-0.2, 0) is 11.2 Å². The highest BCUT2D eigenvalue weighted by Crippen LogP contribution is 2.22. The van der Waals surface area contributed by atoms with Gasteiger partial charge in [0.05, 0.1) is 18.2 Å². The minimum absolute atomic E-state index is 0.0359. The van der Waals surface area contributed by atoms with E-state index in [1.165, 1.54) is 19.2 Å². The van der Waals surface area contributed by atoms with Gasteiger partial charge in [0.25, 0.3) is 0 Å². The van der Waals surface area contributed by atoms with Crippen molar-refractivity contribution in [3.8, 4) is 11.8 Å². The molecule has 0 fully saturated rings. The Hall–Kier alpha value is -2.02. The fraction of sp³-hybridized carbons (Fsp3) is 0.273. The number of phenolic OH excluding ortho intramolecular Hbond substituents is 1. The molecule has 0 unspecified atom stereocenters. The zero-order valence-corrected chi connectivity index (χ0v) is 8.57. The van der Waals surface area contributed by atoms with Crippen LogP contribution in [0.4, 0.5) is 0 Å². The van der Waals surface area contributed by atoms with E-state index < -0.39 is 5.97 Å². The summed E-state index contributed by atoms with van der Waals surface area (Å²) in [7, 11) is 1.24. The van der Waals surface area contributed by atoms with Gasteiger partial charge in [-0.1, -0.05) is 6.92 Å². The van der Waals surface area contributed by atoms with E-state index in [0.29, 0.717) is 12.0 Å². The number of nitrogens with zero attached hydrogens (tertiary/aromatic N) is 1. The summed E-state index contributed by atoms with van der Waals surface area (Å²) in [5.74, 6) is -0.650. The van der Waals surface area contributed by atoms with Gasteiger partial charge < -0.3 is 9.84 Å². The maximum atomic E-state index is 11.3. The van der Waals surface area contributed by atoms with Crippen LogP contribution in [0, 0.1) is 11.3 Å². The Morgan fingerprint density at radius 1 is 1.60 bits per heavy atom. The van der Waals surface area contributed by atoms with E-state index in [0.717, 1.165) is 0 Å². The number of phenols is 1. The van der Waals surface area contributed by atoms with Crippen LogP contribution in [0.5, 0.6) is 5.75 Å². The van der Waals surface area contributed by atoms with Crippen LogP contribution in [0.2, 0.25) is 0 Å². The summed E-state index contributed by atoms with van der Waals surface area (Å²) in [6, 6.07) is 4.66. The molecule has 0 aliphatic carbocycles. The van der Waals surface area contributed by atoms with Gasteiger partial charge in [0.15, 0.2) is 0 Å². The molecule has 0 aliphatic rings. The second-order valence-electron chi connectivity index (χ2n) is 2.98. The molecule has 4 heteroatoms. The van der Waals surface area contributed by atoms with E-state index in [1.807, 2.05) is 13.0 Å². The van der Waals surface area contributed by atoms with Crippen molar-refractivity contribution in [3.63, 3.8) is 0 Å². The minimum atomic E-state index is -0.614. The highest BCUT2D eigenvalue weighted by atomic mass is 16.5. The lowest BCUT2D eigenvalue weighted by Gasteiger charge is -2.07. The van der Waals surface area contributed by atoms with E-state index in [2.05, 4.69) is 4.74 Å². The fourth-order valence-corrected chi connectivity index (χ4v) is 1.37. The van der Waals surface area contributed by atoms with Crippen LogP contribution in [0.3, 0.4) is 0 Å². The van der Waals surface area contributed by atoms with Crippen molar-refractivity contribution in [1.82, 2.24) is 0 Å². The second kappa shape index (κ2) is 4.47. The Morgan fingerprint density at radius 2 is 2.27 bits per heavy atom. The molecule has 0 saturated heterocycles. The number of esters is 1. The molecule has 0 aliphatic heterocycles. The number of carbonyl (C=O) groups excluding carboxylic acids is 1. The minimum Gasteiger partial charge on any atom is -0.508 e. The summed E-state index contributed by atoms with van der Waals surface area (Å²) in [5, 5.41) is 18.3. The number of aryl methyl sites for hydroxylation is 1. The number of nitriles is 1. The monoisotopic (exact) mass is 205 g/mol. The maximum absolute atomic E-state index is 11.3. The molecule has 0 radical (unpaired) electrons. The molecule has 0 spiro atoms. The van der Waals surface area contributed by atoms with Crippen LogP contribution >= 0.6 is 0 Å². The van der Waals surface area contributed by atoms with E-state index in [9.17, 15) is 9.90 Å². The lowest BCUT2D eigenvalue weighted by Crippen LogP contribution is -2.06. The number of aromatic hydroxyl groups is 1. The molecule has 1 aromatic rings. The first kappa shape index (κ1) is 11.1. The Bertz CT molecular complexity index is 432. The summed E-state index contributed by atoms with van der Waals surface area (Å²) in [6.45, 7) is 1.84. The zero-order chi connectivity index (χ0) is 11.4. The Balaban J connectivity index is 3.43. The smallest absolute Gasteiger partial charge is 0.339 e. The summed E-state index contributed by atoms with van der Waals surface area (Å²) in [4.78, 5) is 11.3. The van der Waals surface area contributed by atoms with Gasteiger partial charge >= 0.3 is 5.97 Å². The van der Waals surface area contributed by atoms with Gasteiger partial charge in [-0.05, 0) is 24.1 Å². The number of carbonyl (C=O) groups is 1. The van der Waals surface area contributed by atoms with Gasteiger partial charge in [-0.15, -0.1) is 0 Å². The predicted octanol–water partition coefficient (Wildman–Crippen LogP) is 1.61. The molecular weight excluding hydrogens is 194 g/mol. The summed E-state index contributed by atoms with van der Waals surface area (Å²) < 4.78 is 4.53. The SMILES string of the molecule is CCc1cc(O)cc(C(=O)OC)c1C#N. The lowest BCUT2D eigenvalue weighted by atomic mass is 9.99. The van der Waals surface area contributed by atoms with Crippen molar-refractivity contribution in [3.05, 3.63) is 28.8 Å². The van der Waals surface area contributed by atoms with Gasteiger partial charge in [-0.3, -0.25) is 0 Å². The highest BCUT2D eigenvalue weighted by Gasteiger charge is 2.16. The van der Waals surface area contributed by atoms with E-state index in [1.54, 1.807) is 0 Å². The van der Waals surface area contributed by atoms with Crippen molar-refractivity contribution in [2.24, 2.45) is 0 Å². The fourth-order valence-electron chi connectivity index (χ4n) is 1.37. The van der Waals surface area contributed by atoms with E-state index in [-0.39, 0.29) is 16.9 Å². The third kappa shape index (κ3) is 2.08. The van der Waals surface area contributed by atoms with Crippen molar-refractivity contribution in [2.75, 3.05) is 7.11 Å². The van der Waals surface area contributed by atoms with Crippen LogP contribution < -0.4 is 0 Å². The standard InChI is InChI=1S/C11H11NO3/c1-3-7-4-8(13)5-9(10(7)6-12)11(14)15-2/h4-5,13H,3H2,1-2H3. The van der Waals surface area contributed by atoms with E-state index in [4.69, 9.17) is 5.26 Å². The van der Waals surface area contributed by atoms with Crippen LogP contribution in [0.1, 0.15) is 28.4 Å². The quantitative estimate of drug-likeness (QED) is 0.744. The van der Waals surface area contributed by atoms with Crippen molar-refractivity contribution >= 4 is 5.97 Å². The number of methoxy groups -OCH3 is 1. The summed E-state index contributed by atoms with van der Waals surface area (Å²) in [6.07, 6.45) is 0.571. The molecule has 1 rings (SSSR count). The number of ether oxygens (including phenoxy) is 1. The van der Waals surface area contributed by atoms with Crippen molar-refractivity contribution in [2.45, 2.75) is 13.3 Å². The third-order valence-electron chi connectivity index (χ3n) is 2.10. The van der Waals surface area contributed by atoms with Crippen LogP contribution in [0.15, 0.2) is 12.1 Å². The number of hydrogen-bond donors (Lipinski definition) is 1. The third-order valence-corrected chi connectivity index (χ3v) is 2.10. The Labute approximate surface area is 87.7 Å². The van der Waals surface area contributed by atoms with Crippen LogP contribution in [0.25, 0.3) is 0 Å². The molecule has 78 valence electrons.